The molecule has 3 heteroatoms. The highest BCUT2D eigenvalue weighted by atomic mass is 16.5. The van der Waals surface area contributed by atoms with Crippen LogP contribution in [0.15, 0.2) is 0 Å². The van der Waals surface area contributed by atoms with Gasteiger partial charge >= 0.3 is 5.97 Å². The molecular weight excluding hydrogens is 168 g/mol. The molecule has 0 aromatic rings. The second-order valence-corrected chi connectivity index (χ2v) is 3.19. The van der Waals surface area contributed by atoms with Crippen molar-refractivity contribution in [3.05, 3.63) is 6.92 Å². The molecule has 0 rings (SSSR count). The van der Waals surface area contributed by atoms with Gasteiger partial charge in [0.1, 0.15) is 0 Å². The normalized spacial score (nSPS) is 12.5. The molecule has 0 amide bonds. The van der Waals surface area contributed by atoms with Crippen LogP contribution in [0.2, 0.25) is 0 Å². The van der Waals surface area contributed by atoms with Gasteiger partial charge in [0.2, 0.25) is 0 Å². The fraction of sp³-hybridized carbons (Fsp3) is 0.800. The largest absolute Gasteiger partial charge is 0.465 e. The van der Waals surface area contributed by atoms with Crippen LogP contribution in [0.1, 0.15) is 32.6 Å². The van der Waals surface area contributed by atoms with Gasteiger partial charge in [-0.2, -0.15) is 0 Å². The second kappa shape index (κ2) is 8.05. The summed E-state index contributed by atoms with van der Waals surface area (Å²) in [4.78, 5) is 11.0. The Hall–Kier alpha value is -0.570. The summed E-state index contributed by atoms with van der Waals surface area (Å²) in [5.74, 6) is -0.384. The SMILES string of the molecule is [CH2]C(CO)COC(=O)CCCCC. The predicted octanol–water partition coefficient (Wildman–Crippen LogP) is 1.55. The van der Waals surface area contributed by atoms with Crippen molar-refractivity contribution in [2.45, 2.75) is 32.6 Å². The van der Waals surface area contributed by atoms with Crippen molar-refractivity contribution in [2.75, 3.05) is 13.2 Å². The van der Waals surface area contributed by atoms with Crippen LogP contribution in [0.4, 0.5) is 0 Å². The summed E-state index contributed by atoms with van der Waals surface area (Å²) < 4.78 is 4.88. The Morgan fingerprint density at radius 1 is 1.54 bits per heavy atom. The van der Waals surface area contributed by atoms with Crippen molar-refractivity contribution in [1.29, 1.82) is 0 Å². The minimum Gasteiger partial charge on any atom is -0.465 e. The molecule has 1 N–H and O–H groups in total. The van der Waals surface area contributed by atoms with Crippen LogP contribution in [-0.2, 0) is 9.53 Å². The van der Waals surface area contributed by atoms with E-state index in [-0.39, 0.29) is 25.1 Å². The summed E-state index contributed by atoms with van der Waals surface area (Å²) >= 11 is 0. The van der Waals surface area contributed by atoms with Gasteiger partial charge in [-0.25, -0.2) is 0 Å². The maximum Gasteiger partial charge on any atom is 0.305 e. The van der Waals surface area contributed by atoms with Crippen LogP contribution in [-0.4, -0.2) is 24.3 Å². The van der Waals surface area contributed by atoms with E-state index in [1.807, 2.05) is 0 Å². The average Bonchev–Trinajstić information content (AvgIpc) is 2.14. The lowest BCUT2D eigenvalue weighted by molar-refractivity contribution is -0.145. The van der Waals surface area contributed by atoms with E-state index in [0.29, 0.717) is 6.42 Å². The highest BCUT2D eigenvalue weighted by Crippen LogP contribution is 2.02. The van der Waals surface area contributed by atoms with E-state index in [2.05, 4.69) is 13.8 Å². The summed E-state index contributed by atoms with van der Waals surface area (Å²) in [5.41, 5.74) is 0. The lowest BCUT2D eigenvalue weighted by Gasteiger charge is -2.08. The number of esters is 1. The molecule has 0 heterocycles. The third kappa shape index (κ3) is 7.78. The van der Waals surface area contributed by atoms with E-state index >= 15 is 0 Å². The van der Waals surface area contributed by atoms with E-state index in [4.69, 9.17) is 9.84 Å². The highest BCUT2D eigenvalue weighted by molar-refractivity contribution is 5.69. The van der Waals surface area contributed by atoms with Gasteiger partial charge in [0.25, 0.3) is 0 Å². The Kier molecular flexibility index (Phi) is 7.69. The molecule has 0 saturated heterocycles. The Morgan fingerprint density at radius 2 is 2.23 bits per heavy atom. The molecule has 0 fully saturated rings. The first-order valence-corrected chi connectivity index (χ1v) is 4.80. The van der Waals surface area contributed by atoms with E-state index in [1.54, 1.807) is 0 Å². The number of aliphatic hydroxyl groups excluding tert-OH is 1. The summed E-state index contributed by atoms with van der Waals surface area (Å²) in [6.07, 6.45) is 3.52. The van der Waals surface area contributed by atoms with Crippen LogP contribution in [0.5, 0.6) is 0 Å². The van der Waals surface area contributed by atoms with Gasteiger partial charge in [-0.3, -0.25) is 4.79 Å². The number of carbonyl (C=O) groups excluding carboxylic acids is 1. The number of hydrogen-bond donors (Lipinski definition) is 1. The molecule has 0 aromatic heterocycles. The molecule has 0 saturated carbocycles. The average molecular weight is 187 g/mol. The monoisotopic (exact) mass is 187 g/mol. The molecule has 1 unspecified atom stereocenters. The van der Waals surface area contributed by atoms with E-state index in [1.165, 1.54) is 0 Å². The number of ether oxygens (including phenoxy) is 1. The third-order valence-corrected chi connectivity index (χ3v) is 1.72. The Bertz CT molecular complexity index is 134. The number of aliphatic hydroxyl groups is 1. The Labute approximate surface area is 80.1 Å². The van der Waals surface area contributed by atoms with Gasteiger partial charge < -0.3 is 9.84 Å². The predicted molar refractivity (Wildman–Crippen MR) is 51.0 cm³/mol. The zero-order chi connectivity index (χ0) is 10.1. The molecule has 0 bridgehead atoms. The summed E-state index contributed by atoms with van der Waals surface area (Å²) in [7, 11) is 0. The second-order valence-electron chi connectivity index (χ2n) is 3.19. The number of carbonyl (C=O) groups is 1. The van der Waals surface area contributed by atoms with Crippen LogP contribution in [0.25, 0.3) is 0 Å². The minimum absolute atomic E-state index is 0.0394. The molecule has 1 radical (unpaired) electrons. The Balaban J connectivity index is 3.30. The summed E-state index contributed by atoms with van der Waals surface area (Å²) in [6, 6.07) is 0. The molecule has 0 aromatic carbocycles. The molecule has 13 heavy (non-hydrogen) atoms. The standard InChI is InChI=1S/C10H19O3/c1-3-4-5-6-10(12)13-8-9(2)7-11/h9,11H,2-8H2,1H3. The van der Waals surface area contributed by atoms with Crippen molar-refractivity contribution < 1.29 is 14.6 Å². The lowest BCUT2D eigenvalue weighted by atomic mass is 10.2. The van der Waals surface area contributed by atoms with Gasteiger partial charge in [0.15, 0.2) is 0 Å². The topological polar surface area (TPSA) is 46.5 Å². The van der Waals surface area contributed by atoms with Crippen molar-refractivity contribution in [1.82, 2.24) is 0 Å². The van der Waals surface area contributed by atoms with E-state index in [9.17, 15) is 4.79 Å². The van der Waals surface area contributed by atoms with Crippen LogP contribution in [0.3, 0.4) is 0 Å². The molecular formula is C10H19O3. The molecule has 0 spiro atoms. The first-order chi connectivity index (χ1) is 6.20. The maximum absolute atomic E-state index is 11.0. The first kappa shape index (κ1) is 12.4. The summed E-state index contributed by atoms with van der Waals surface area (Å²) in [6.45, 7) is 5.87. The van der Waals surface area contributed by atoms with Crippen molar-refractivity contribution >= 4 is 5.97 Å². The van der Waals surface area contributed by atoms with Gasteiger partial charge in [-0.05, 0) is 13.3 Å². The van der Waals surface area contributed by atoms with Crippen LogP contribution < -0.4 is 0 Å². The minimum atomic E-state index is -0.199. The highest BCUT2D eigenvalue weighted by Gasteiger charge is 2.05. The number of unbranched alkanes of at least 4 members (excludes halogenated alkanes) is 2. The molecule has 3 nitrogen and oxygen atoms in total. The fourth-order valence-electron chi connectivity index (χ4n) is 0.855. The number of hydrogen-bond acceptors (Lipinski definition) is 3. The van der Waals surface area contributed by atoms with E-state index < -0.39 is 0 Å². The molecule has 0 aliphatic heterocycles. The van der Waals surface area contributed by atoms with Crippen LogP contribution in [0, 0.1) is 12.8 Å². The van der Waals surface area contributed by atoms with Gasteiger partial charge in [-0.15, -0.1) is 0 Å². The Morgan fingerprint density at radius 3 is 2.77 bits per heavy atom. The first-order valence-electron chi connectivity index (χ1n) is 4.80. The quantitative estimate of drug-likeness (QED) is 0.486. The molecule has 1 atom stereocenters. The number of rotatable bonds is 7. The molecule has 0 aliphatic rings. The van der Waals surface area contributed by atoms with E-state index in [0.717, 1.165) is 19.3 Å². The molecule has 0 aliphatic carbocycles. The summed E-state index contributed by atoms with van der Waals surface area (Å²) in [5, 5.41) is 8.61. The zero-order valence-electron chi connectivity index (χ0n) is 8.29. The van der Waals surface area contributed by atoms with Crippen LogP contribution >= 0.6 is 0 Å². The van der Waals surface area contributed by atoms with Gasteiger partial charge in [0.05, 0.1) is 6.61 Å². The van der Waals surface area contributed by atoms with Crippen molar-refractivity contribution in [3.8, 4) is 0 Å². The van der Waals surface area contributed by atoms with Gasteiger partial charge in [-0.1, -0.05) is 19.8 Å². The van der Waals surface area contributed by atoms with Crippen molar-refractivity contribution in [3.63, 3.8) is 0 Å². The fourth-order valence-corrected chi connectivity index (χ4v) is 0.855. The third-order valence-electron chi connectivity index (χ3n) is 1.72. The zero-order valence-corrected chi connectivity index (χ0v) is 8.29. The molecule has 77 valence electrons. The van der Waals surface area contributed by atoms with Crippen molar-refractivity contribution in [2.24, 2.45) is 5.92 Å². The maximum atomic E-state index is 11.0. The smallest absolute Gasteiger partial charge is 0.305 e. The lowest BCUT2D eigenvalue weighted by Crippen LogP contribution is -2.14. The van der Waals surface area contributed by atoms with Gasteiger partial charge in [0, 0.05) is 18.9 Å².